The molecule has 0 heterocycles. The zero-order valence-electron chi connectivity index (χ0n) is 17.1. The van der Waals surface area contributed by atoms with Crippen molar-refractivity contribution in [3.05, 3.63) is 70.8 Å². The minimum Gasteiger partial charge on any atom is -0.493 e. The molecule has 0 bridgehead atoms. The van der Waals surface area contributed by atoms with Crippen LogP contribution in [0.5, 0.6) is 11.5 Å². The van der Waals surface area contributed by atoms with E-state index in [0.29, 0.717) is 11.5 Å². The molecule has 1 aliphatic carbocycles. The topological polar surface area (TPSA) is 18.5 Å². The van der Waals surface area contributed by atoms with Gasteiger partial charge in [0, 0.05) is 11.1 Å². The van der Waals surface area contributed by atoms with Gasteiger partial charge in [-0.05, 0) is 58.3 Å². The van der Waals surface area contributed by atoms with Gasteiger partial charge in [0.1, 0.15) is 0 Å². The quantitative estimate of drug-likeness (QED) is 0.263. The van der Waals surface area contributed by atoms with E-state index in [1.807, 2.05) is 37.4 Å². The summed E-state index contributed by atoms with van der Waals surface area (Å²) in [6.45, 7) is -1.53. The van der Waals surface area contributed by atoms with Crippen molar-refractivity contribution >= 4 is 68.5 Å². The minimum atomic E-state index is -2.72. The number of ether oxygens (including phenoxy) is 2. The third-order valence-corrected chi connectivity index (χ3v) is 11.7. The second-order valence-corrected chi connectivity index (χ2v) is 23.5. The van der Waals surface area contributed by atoms with Crippen LogP contribution in [0.2, 0.25) is 13.1 Å². The summed E-state index contributed by atoms with van der Waals surface area (Å²) in [6.07, 6.45) is 0. The maximum absolute atomic E-state index is 6.93. The highest BCUT2D eigenvalue weighted by Crippen LogP contribution is 2.55. The second kappa shape index (κ2) is 7.91. The number of benzene rings is 3. The molecule has 4 rings (SSSR count). The summed E-state index contributed by atoms with van der Waals surface area (Å²) < 4.78 is 11.2. The molecule has 2 unspecified atom stereocenters. The van der Waals surface area contributed by atoms with Crippen LogP contribution in [0.4, 0.5) is 0 Å². The van der Waals surface area contributed by atoms with Crippen LogP contribution in [0, 0.1) is 0 Å². The molecule has 0 saturated carbocycles. The van der Waals surface area contributed by atoms with Gasteiger partial charge in [-0.2, -0.15) is 0 Å². The van der Waals surface area contributed by atoms with Gasteiger partial charge in [0.25, 0.3) is 13.4 Å². The van der Waals surface area contributed by atoms with Crippen LogP contribution < -0.4 is 9.47 Å². The van der Waals surface area contributed by atoms with Crippen molar-refractivity contribution in [2.45, 2.75) is 24.2 Å². The Morgan fingerprint density at radius 1 is 0.633 bits per heavy atom. The van der Waals surface area contributed by atoms with Crippen molar-refractivity contribution in [2.75, 3.05) is 14.2 Å². The van der Waals surface area contributed by atoms with Gasteiger partial charge in [0.2, 0.25) is 0 Å². The molecular weight excluding hydrogens is 494 g/mol. The van der Waals surface area contributed by atoms with E-state index in [4.69, 9.17) is 53.8 Å². The average molecular weight is 516 g/mol. The van der Waals surface area contributed by atoms with E-state index in [9.17, 15) is 0 Å². The number of rotatable bonds is 4. The van der Waals surface area contributed by atoms with Crippen LogP contribution in [0.25, 0.3) is 10.8 Å². The fourth-order valence-corrected chi connectivity index (χ4v) is 10.6. The molecule has 0 spiro atoms. The summed E-state index contributed by atoms with van der Waals surface area (Å²) in [5.74, 6) is 1.28. The van der Waals surface area contributed by atoms with Crippen molar-refractivity contribution in [3.63, 3.8) is 0 Å². The van der Waals surface area contributed by atoms with Crippen molar-refractivity contribution in [1.82, 2.24) is 0 Å². The standard InChI is InChI=1S/C22H22Cl4O2Si2/c1-27-19-11-17-18(12-20(19)28-2)22(30(4,25)26)16-10-14-8-6-5-7-13(14)9-15(16)21(17)29(3,23)24/h5-12,21-22H,1-4H3. The van der Waals surface area contributed by atoms with Gasteiger partial charge in [-0.15, -0.1) is 44.3 Å². The Balaban J connectivity index is 2.13. The molecule has 8 heteroatoms. The number of halogens is 4. The van der Waals surface area contributed by atoms with Crippen LogP contribution in [-0.4, -0.2) is 27.6 Å². The molecule has 0 saturated heterocycles. The van der Waals surface area contributed by atoms with E-state index in [0.717, 1.165) is 33.0 Å². The molecule has 1 aliphatic rings. The van der Waals surface area contributed by atoms with E-state index in [2.05, 4.69) is 24.3 Å². The first-order valence-corrected chi connectivity index (χ1v) is 18.8. The molecule has 0 amide bonds. The lowest BCUT2D eigenvalue weighted by molar-refractivity contribution is 0.354. The monoisotopic (exact) mass is 514 g/mol. The fraction of sp³-hybridized carbons (Fsp3) is 0.273. The van der Waals surface area contributed by atoms with Crippen molar-refractivity contribution < 1.29 is 9.47 Å². The van der Waals surface area contributed by atoms with Gasteiger partial charge >= 0.3 is 0 Å². The van der Waals surface area contributed by atoms with E-state index in [1.54, 1.807) is 14.2 Å². The Labute approximate surface area is 197 Å². The van der Waals surface area contributed by atoms with Gasteiger partial charge in [-0.25, -0.2) is 0 Å². The predicted octanol–water partition coefficient (Wildman–Crippen LogP) is 7.61. The van der Waals surface area contributed by atoms with E-state index in [1.165, 1.54) is 0 Å². The Kier molecular flexibility index (Phi) is 5.88. The van der Waals surface area contributed by atoms with Crippen LogP contribution in [0.1, 0.15) is 33.3 Å². The molecular formula is C22H22Cl4O2Si2. The third-order valence-electron chi connectivity index (χ3n) is 5.80. The predicted molar refractivity (Wildman–Crippen MR) is 134 cm³/mol. The van der Waals surface area contributed by atoms with Crippen molar-refractivity contribution in [1.29, 1.82) is 0 Å². The molecule has 0 aromatic heterocycles. The van der Waals surface area contributed by atoms with E-state index in [-0.39, 0.29) is 11.1 Å². The summed E-state index contributed by atoms with van der Waals surface area (Å²) >= 11 is 27.7. The Morgan fingerprint density at radius 2 is 0.967 bits per heavy atom. The first-order chi connectivity index (χ1) is 14.1. The fourth-order valence-electron chi connectivity index (χ4n) is 4.61. The van der Waals surface area contributed by atoms with Crippen LogP contribution in [0.3, 0.4) is 0 Å². The second-order valence-electron chi connectivity index (χ2n) is 7.94. The smallest absolute Gasteiger partial charge is 0.259 e. The first-order valence-electron chi connectivity index (χ1n) is 9.60. The minimum absolute atomic E-state index is 0.142. The highest BCUT2D eigenvalue weighted by molar-refractivity contribution is 7.46. The molecule has 158 valence electrons. The lowest BCUT2D eigenvalue weighted by Crippen LogP contribution is -2.38. The maximum atomic E-state index is 6.93. The molecule has 30 heavy (non-hydrogen) atoms. The normalized spacial score (nSPS) is 18.7. The largest absolute Gasteiger partial charge is 0.493 e. The highest BCUT2D eigenvalue weighted by atomic mass is 35.7. The summed E-state index contributed by atoms with van der Waals surface area (Å²) in [4.78, 5) is 0. The van der Waals surface area contributed by atoms with Crippen LogP contribution in [0.15, 0.2) is 48.5 Å². The van der Waals surface area contributed by atoms with Gasteiger partial charge in [0.15, 0.2) is 11.5 Å². The number of hydrogen-bond acceptors (Lipinski definition) is 2. The molecule has 0 aliphatic heterocycles. The van der Waals surface area contributed by atoms with E-state index < -0.39 is 13.4 Å². The zero-order valence-corrected chi connectivity index (χ0v) is 22.1. The molecule has 0 N–H and O–H groups in total. The summed E-state index contributed by atoms with van der Waals surface area (Å²) in [6, 6.07) is 16.7. The zero-order chi connectivity index (χ0) is 21.8. The Morgan fingerprint density at radius 3 is 1.27 bits per heavy atom. The summed E-state index contributed by atoms with van der Waals surface area (Å²) in [7, 11) is 3.25. The summed E-state index contributed by atoms with van der Waals surface area (Å²) in [5, 5.41) is 2.28. The van der Waals surface area contributed by atoms with Crippen LogP contribution >= 0.6 is 44.3 Å². The number of fused-ring (bicyclic) bond motifs is 3. The van der Waals surface area contributed by atoms with Gasteiger partial charge in [0.05, 0.1) is 14.2 Å². The molecule has 3 aromatic rings. The Hall–Kier alpha value is -0.886. The lowest BCUT2D eigenvalue weighted by Gasteiger charge is -2.40. The van der Waals surface area contributed by atoms with E-state index >= 15 is 0 Å². The molecule has 2 atom stereocenters. The van der Waals surface area contributed by atoms with Gasteiger partial charge < -0.3 is 9.47 Å². The highest BCUT2D eigenvalue weighted by Gasteiger charge is 2.49. The Bertz CT molecular complexity index is 1040. The third kappa shape index (κ3) is 3.76. The van der Waals surface area contributed by atoms with Crippen molar-refractivity contribution in [2.24, 2.45) is 0 Å². The lowest BCUT2D eigenvalue weighted by atomic mass is 9.83. The average Bonchev–Trinajstić information content (AvgIpc) is 2.67. The number of hydrogen-bond donors (Lipinski definition) is 0. The van der Waals surface area contributed by atoms with Crippen LogP contribution in [-0.2, 0) is 0 Å². The SMILES string of the molecule is COc1cc2c(cc1OC)C([Si](C)(Cl)Cl)c1cc3ccccc3cc1C2[Si](C)(Cl)Cl. The van der Waals surface area contributed by atoms with Gasteiger partial charge in [-0.1, -0.05) is 36.4 Å². The van der Waals surface area contributed by atoms with Crippen molar-refractivity contribution in [3.8, 4) is 11.5 Å². The molecule has 2 nitrogen and oxygen atoms in total. The van der Waals surface area contributed by atoms with Gasteiger partial charge in [-0.3, -0.25) is 0 Å². The molecule has 0 fully saturated rings. The summed E-state index contributed by atoms with van der Waals surface area (Å²) in [5.41, 5.74) is 3.99. The first kappa shape index (κ1) is 22.3. The molecule has 3 aromatic carbocycles. The molecule has 0 radical (unpaired) electrons. The maximum Gasteiger partial charge on any atom is 0.259 e. The number of methoxy groups -OCH3 is 2.